The molecular formula is C30H44N4O6Si. The Hall–Kier alpha value is -2.57. The van der Waals surface area contributed by atoms with Gasteiger partial charge in [0.15, 0.2) is 13.9 Å². The highest BCUT2D eigenvalue weighted by atomic mass is 28.4. The molecule has 1 aromatic rings. The van der Waals surface area contributed by atoms with Crippen molar-refractivity contribution in [1.82, 2.24) is 10.2 Å². The first-order valence-corrected chi connectivity index (χ1v) is 17.9. The Morgan fingerprint density at radius 3 is 2.73 bits per heavy atom. The van der Waals surface area contributed by atoms with Crippen LogP contribution in [-0.4, -0.2) is 85.8 Å². The zero-order valence-electron chi connectivity index (χ0n) is 24.4. The largest absolute Gasteiger partial charge is 0.432 e. The molecular weight excluding hydrogens is 540 g/mol. The highest BCUT2D eigenvalue weighted by Gasteiger charge is 2.66. The van der Waals surface area contributed by atoms with E-state index in [-0.39, 0.29) is 49.3 Å². The molecule has 4 N–H and O–H groups in total. The first-order valence-electron chi connectivity index (χ1n) is 14.9. The van der Waals surface area contributed by atoms with Crippen LogP contribution in [0.1, 0.15) is 44.6 Å². The number of carbonyl (C=O) groups excluding carboxylic acids is 3. The van der Waals surface area contributed by atoms with Crippen LogP contribution in [0.25, 0.3) is 0 Å². The fourth-order valence-corrected chi connectivity index (χ4v) is 10.2. The lowest BCUT2D eigenvalue weighted by molar-refractivity contribution is -0.149. The molecule has 3 amide bonds. The van der Waals surface area contributed by atoms with Gasteiger partial charge in [0.25, 0.3) is 5.91 Å². The summed E-state index contributed by atoms with van der Waals surface area (Å²) in [6, 6.07) is 5.26. The summed E-state index contributed by atoms with van der Waals surface area (Å²) in [4.78, 5) is 55.7. The lowest BCUT2D eigenvalue weighted by atomic mass is 9.82. The van der Waals surface area contributed by atoms with E-state index in [0.717, 1.165) is 32.2 Å². The summed E-state index contributed by atoms with van der Waals surface area (Å²) in [7, 11) is -2.94. The molecule has 4 aliphatic rings. The molecule has 4 aliphatic heterocycles. The van der Waals surface area contributed by atoms with Gasteiger partial charge in [0.1, 0.15) is 0 Å². The van der Waals surface area contributed by atoms with Crippen LogP contribution in [0.3, 0.4) is 0 Å². The van der Waals surface area contributed by atoms with Crippen LogP contribution >= 0.6 is 0 Å². The molecule has 3 fully saturated rings. The number of piperidine rings is 1. The minimum Gasteiger partial charge on any atom is -0.432 e. The predicted molar refractivity (Wildman–Crippen MR) is 159 cm³/mol. The maximum atomic E-state index is 14.3. The molecule has 3 saturated heterocycles. The average Bonchev–Trinajstić information content (AvgIpc) is 3.60. The van der Waals surface area contributed by atoms with Gasteiger partial charge in [0.05, 0.1) is 36.8 Å². The van der Waals surface area contributed by atoms with Gasteiger partial charge in [-0.1, -0.05) is 13.0 Å². The second-order valence-electron chi connectivity index (χ2n) is 12.6. The second-order valence-corrected chi connectivity index (χ2v) is 16.6. The third kappa shape index (κ3) is 5.27. The fraction of sp³-hybridized carbons (Fsp3) is 0.633. The zero-order valence-corrected chi connectivity index (χ0v) is 25.4. The van der Waals surface area contributed by atoms with Gasteiger partial charge in [0, 0.05) is 42.3 Å². The molecule has 0 radical (unpaired) electrons. The van der Waals surface area contributed by atoms with E-state index in [1.54, 1.807) is 21.9 Å². The number of nitrogens with one attached hydrogen (secondary N) is 2. The first kappa shape index (κ1) is 29.9. The number of rotatable bonds is 8. The smallest absolute Gasteiger partial charge is 0.264 e. The number of anilines is 2. The molecule has 4 heterocycles. The SMILES string of the molecule is C=CCN1C(=O)[C@]2(O[C@H](CC(=O)N3CCC[C@H]3CO)[C@@H]([Si](C)(C)O)[C@@H]2C)c2cc(NC(=O)C3CCCNC3)ccc21. The molecule has 0 aromatic heterocycles. The molecule has 41 heavy (non-hydrogen) atoms. The number of aliphatic hydroxyl groups is 1. The van der Waals surface area contributed by atoms with Gasteiger partial charge in [-0.15, -0.1) is 6.58 Å². The second kappa shape index (κ2) is 11.6. The normalized spacial score (nSPS) is 31.5. The standard InChI is InChI=1S/C30H44N4O6Si/c1-5-13-34-24-11-10-21(32-28(37)20-8-6-12-31-17-20)15-23(24)30(29(34)38)19(2)27(41(3,4)39)25(40-30)16-26(36)33-14-7-9-22(33)18-35/h5,10-11,15,19-20,22,25,27,31,35,39H,1,6-9,12-14,16-18H2,2-4H3,(H,32,37)/t19-,20?,22-,25+,27-,30+/m0/s1. The van der Waals surface area contributed by atoms with Gasteiger partial charge in [-0.2, -0.15) is 0 Å². The quantitative estimate of drug-likeness (QED) is 0.273. The van der Waals surface area contributed by atoms with Crippen LogP contribution in [-0.2, 0) is 24.7 Å². The molecule has 11 heteroatoms. The third-order valence-electron chi connectivity index (χ3n) is 9.51. The van der Waals surface area contributed by atoms with Gasteiger partial charge in [-0.25, -0.2) is 0 Å². The van der Waals surface area contributed by atoms with Gasteiger partial charge >= 0.3 is 0 Å². The molecule has 6 atom stereocenters. The molecule has 1 aromatic carbocycles. The van der Waals surface area contributed by atoms with Crippen molar-refractivity contribution in [3.05, 3.63) is 36.4 Å². The maximum Gasteiger partial charge on any atom is 0.264 e. The van der Waals surface area contributed by atoms with Crippen LogP contribution < -0.4 is 15.5 Å². The Labute approximate surface area is 243 Å². The van der Waals surface area contributed by atoms with Crippen molar-refractivity contribution >= 4 is 37.4 Å². The molecule has 224 valence electrons. The number of likely N-dealkylation sites (tertiary alicyclic amines) is 1. The van der Waals surface area contributed by atoms with Crippen molar-refractivity contribution < 1.29 is 29.0 Å². The van der Waals surface area contributed by atoms with Gasteiger partial charge < -0.3 is 35.1 Å². The van der Waals surface area contributed by atoms with Crippen molar-refractivity contribution in [2.75, 3.05) is 43.0 Å². The minimum atomic E-state index is -2.94. The van der Waals surface area contributed by atoms with E-state index in [0.29, 0.717) is 30.0 Å². The Morgan fingerprint density at radius 2 is 2.07 bits per heavy atom. The number of aliphatic hydroxyl groups excluding tert-OH is 1. The van der Waals surface area contributed by atoms with E-state index in [4.69, 9.17) is 4.74 Å². The summed E-state index contributed by atoms with van der Waals surface area (Å²) >= 11 is 0. The molecule has 10 nitrogen and oxygen atoms in total. The minimum absolute atomic E-state index is 0.0272. The number of amides is 3. The van der Waals surface area contributed by atoms with Crippen LogP contribution in [0.5, 0.6) is 0 Å². The number of hydrogen-bond acceptors (Lipinski definition) is 7. The van der Waals surface area contributed by atoms with E-state index >= 15 is 0 Å². The van der Waals surface area contributed by atoms with Crippen molar-refractivity contribution in [1.29, 1.82) is 0 Å². The summed E-state index contributed by atoms with van der Waals surface area (Å²) in [5.41, 5.74) is 0.108. The first-order chi connectivity index (χ1) is 19.5. The van der Waals surface area contributed by atoms with E-state index in [9.17, 15) is 24.3 Å². The molecule has 0 aliphatic carbocycles. The Bertz CT molecular complexity index is 1200. The Kier molecular flexibility index (Phi) is 8.46. The maximum absolute atomic E-state index is 14.3. The Morgan fingerprint density at radius 1 is 1.29 bits per heavy atom. The van der Waals surface area contributed by atoms with Crippen LogP contribution in [0, 0.1) is 11.8 Å². The van der Waals surface area contributed by atoms with E-state index in [1.165, 1.54) is 0 Å². The number of benzene rings is 1. The molecule has 1 spiro atoms. The van der Waals surface area contributed by atoms with Crippen molar-refractivity contribution in [3.63, 3.8) is 0 Å². The number of carbonyl (C=O) groups is 3. The number of nitrogens with zero attached hydrogens (tertiary/aromatic N) is 2. The summed E-state index contributed by atoms with van der Waals surface area (Å²) in [5.74, 6) is -0.982. The average molecular weight is 585 g/mol. The van der Waals surface area contributed by atoms with E-state index in [2.05, 4.69) is 17.2 Å². The molecule has 5 rings (SSSR count). The Balaban J connectivity index is 1.51. The van der Waals surface area contributed by atoms with E-state index in [1.807, 2.05) is 32.2 Å². The predicted octanol–water partition coefficient (Wildman–Crippen LogP) is 2.33. The highest BCUT2D eigenvalue weighted by molar-refractivity contribution is 6.71. The molecule has 0 bridgehead atoms. The summed E-state index contributed by atoms with van der Waals surface area (Å²) in [6.07, 6.45) is 4.38. The lowest BCUT2D eigenvalue weighted by Crippen LogP contribution is -2.46. The monoisotopic (exact) mass is 584 g/mol. The highest BCUT2D eigenvalue weighted by Crippen LogP contribution is 2.60. The summed E-state index contributed by atoms with van der Waals surface area (Å²) in [5, 5.41) is 16.1. The zero-order chi connectivity index (χ0) is 29.5. The van der Waals surface area contributed by atoms with Gasteiger partial charge in [-0.05, 0) is 63.5 Å². The van der Waals surface area contributed by atoms with Crippen molar-refractivity contribution in [3.8, 4) is 0 Å². The summed E-state index contributed by atoms with van der Waals surface area (Å²) < 4.78 is 6.77. The topological polar surface area (TPSA) is 131 Å². The number of hydrogen-bond donors (Lipinski definition) is 4. The number of fused-ring (bicyclic) bond motifs is 2. The van der Waals surface area contributed by atoms with Crippen molar-refractivity contribution in [2.24, 2.45) is 11.8 Å². The fourth-order valence-electron chi connectivity index (χ4n) is 7.63. The van der Waals surface area contributed by atoms with Crippen LogP contribution in [0.15, 0.2) is 30.9 Å². The van der Waals surface area contributed by atoms with Crippen molar-refractivity contribution in [2.45, 2.75) is 75.4 Å². The van der Waals surface area contributed by atoms with Crippen LogP contribution in [0.4, 0.5) is 11.4 Å². The van der Waals surface area contributed by atoms with E-state index < -0.39 is 31.5 Å². The molecule has 0 saturated carbocycles. The van der Waals surface area contributed by atoms with Gasteiger partial charge in [0.2, 0.25) is 11.8 Å². The van der Waals surface area contributed by atoms with Gasteiger partial charge in [-0.3, -0.25) is 14.4 Å². The molecule has 1 unspecified atom stereocenters. The number of ether oxygens (including phenoxy) is 1. The van der Waals surface area contributed by atoms with Crippen LogP contribution in [0.2, 0.25) is 18.6 Å². The lowest BCUT2D eigenvalue weighted by Gasteiger charge is -2.32. The summed E-state index contributed by atoms with van der Waals surface area (Å²) in [6.45, 7) is 11.8. The third-order valence-corrected chi connectivity index (χ3v) is 12.0.